The Balaban J connectivity index is 1.26. The number of oxazole rings is 1. The number of amides is 1. The highest BCUT2D eigenvalue weighted by Gasteiger charge is 2.39. The molecule has 3 heterocycles. The number of amidine groups is 1. The van der Waals surface area contributed by atoms with Crippen molar-refractivity contribution in [3.05, 3.63) is 53.9 Å². The third kappa shape index (κ3) is 3.11. The summed E-state index contributed by atoms with van der Waals surface area (Å²) in [5, 5.41) is 2.96. The standard InChI is InChI=1S/C22H20N4O4S/c27-21(23-14-9-10-18-16(12-14)24-22(30-18)13-7-8-13)17-5-3-11-26(17)20-15-4-1-2-6-19(15)31(28,29)25-20/h1-2,4,6,9-10,12-13,17H,3,5,7-8,11H2,(H,23,27)/t17-/m1/s1. The number of carbonyl (C=O) groups is 1. The molecule has 1 amide bonds. The molecule has 1 saturated heterocycles. The van der Waals surface area contributed by atoms with Gasteiger partial charge in [-0.1, -0.05) is 12.1 Å². The lowest BCUT2D eigenvalue weighted by atomic mass is 10.1. The molecule has 1 aliphatic carbocycles. The number of fused-ring (bicyclic) bond motifs is 2. The first kappa shape index (κ1) is 18.6. The van der Waals surface area contributed by atoms with Crippen LogP contribution in [0.3, 0.4) is 0 Å². The van der Waals surface area contributed by atoms with E-state index >= 15 is 0 Å². The summed E-state index contributed by atoms with van der Waals surface area (Å²) in [6.07, 6.45) is 3.63. The Labute approximate surface area is 179 Å². The maximum atomic E-state index is 13.1. The summed E-state index contributed by atoms with van der Waals surface area (Å²) in [6.45, 7) is 0.577. The molecular formula is C22H20N4O4S. The van der Waals surface area contributed by atoms with Crippen LogP contribution in [0.25, 0.3) is 11.1 Å². The highest BCUT2D eigenvalue weighted by atomic mass is 32.2. The van der Waals surface area contributed by atoms with Crippen LogP contribution in [0.1, 0.15) is 43.1 Å². The van der Waals surface area contributed by atoms with E-state index in [1.165, 1.54) is 0 Å². The summed E-state index contributed by atoms with van der Waals surface area (Å²) in [5.41, 5.74) is 2.63. The largest absolute Gasteiger partial charge is 0.440 e. The number of anilines is 1. The molecular weight excluding hydrogens is 416 g/mol. The summed E-state index contributed by atoms with van der Waals surface area (Å²) in [6, 6.07) is 11.7. The number of hydrogen-bond donors (Lipinski definition) is 1. The van der Waals surface area contributed by atoms with Gasteiger partial charge in [-0.05, 0) is 56.0 Å². The summed E-state index contributed by atoms with van der Waals surface area (Å²) >= 11 is 0. The van der Waals surface area contributed by atoms with E-state index in [0.717, 1.165) is 30.7 Å². The number of nitrogens with zero attached hydrogens (tertiary/aromatic N) is 3. The van der Waals surface area contributed by atoms with E-state index in [1.54, 1.807) is 35.2 Å². The van der Waals surface area contributed by atoms with Crippen molar-refractivity contribution in [2.24, 2.45) is 4.40 Å². The Morgan fingerprint density at radius 1 is 1.13 bits per heavy atom. The fraction of sp³-hybridized carbons (Fsp3) is 0.318. The second-order valence-electron chi connectivity index (χ2n) is 8.24. The van der Waals surface area contributed by atoms with Crippen LogP contribution in [0.5, 0.6) is 0 Å². The van der Waals surface area contributed by atoms with E-state index in [2.05, 4.69) is 14.7 Å². The molecule has 1 atom stereocenters. The lowest BCUT2D eigenvalue weighted by molar-refractivity contribution is -0.119. The molecule has 31 heavy (non-hydrogen) atoms. The van der Waals surface area contributed by atoms with Gasteiger partial charge in [-0.2, -0.15) is 8.42 Å². The Hall–Kier alpha value is -3.20. The van der Waals surface area contributed by atoms with Crippen molar-refractivity contribution in [3.63, 3.8) is 0 Å². The molecule has 158 valence electrons. The minimum absolute atomic E-state index is 0.188. The average Bonchev–Trinajstić information content (AvgIpc) is 3.23. The average molecular weight is 436 g/mol. The van der Waals surface area contributed by atoms with Crippen molar-refractivity contribution in [3.8, 4) is 0 Å². The van der Waals surface area contributed by atoms with Gasteiger partial charge in [0.15, 0.2) is 17.3 Å². The predicted octanol–water partition coefficient (Wildman–Crippen LogP) is 3.26. The molecule has 0 spiro atoms. The number of aromatic nitrogens is 1. The molecule has 0 radical (unpaired) electrons. The SMILES string of the molecule is O=C(Nc1ccc2oc(C3CC3)nc2c1)[C@H]1CCCN1C1=NS(=O)(=O)c2ccccc21. The van der Waals surface area contributed by atoms with Crippen LogP contribution in [-0.4, -0.2) is 42.6 Å². The van der Waals surface area contributed by atoms with Crippen molar-refractivity contribution in [2.45, 2.75) is 42.5 Å². The van der Waals surface area contributed by atoms with Crippen LogP contribution >= 0.6 is 0 Å². The van der Waals surface area contributed by atoms with Crippen LogP contribution in [0.15, 0.2) is 56.2 Å². The van der Waals surface area contributed by atoms with Crippen LogP contribution in [0, 0.1) is 0 Å². The first-order valence-electron chi connectivity index (χ1n) is 10.4. The van der Waals surface area contributed by atoms with Crippen LogP contribution in [-0.2, 0) is 14.8 Å². The highest BCUT2D eigenvalue weighted by molar-refractivity contribution is 7.90. The summed E-state index contributed by atoms with van der Waals surface area (Å²) < 4.78 is 34.6. The molecule has 9 heteroatoms. The lowest BCUT2D eigenvalue weighted by Crippen LogP contribution is -2.43. The summed E-state index contributed by atoms with van der Waals surface area (Å²) in [7, 11) is -3.73. The third-order valence-corrected chi connectivity index (χ3v) is 7.36. The van der Waals surface area contributed by atoms with Gasteiger partial charge in [0.05, 0.1) is 0 Å². The van der Waals surface area contributed by atoms with Gasteiger partial charge >= 0.3 is 0 Å². The van der Waals surface area contributed by atoms with E-state index in [4.69, 9.17) is 4.42 Å². The molecule has 1 aromatic heterocycles. The molecule has 1 N–H and O–H groups in total. The third-order valence-electron chi connectivity index (χ3n) is 6.04. The quantitative estimate of drug-likeness (QED) is 0.676. The number of benzene rings is 2. The van der Waals surface area contributed by atoms with Gasteiger partial charge in [-0.15, -0.1) is 4.40 Å². The Bertz CT molecular complexity index is 1360. The van der Waals surface area contributed by atoms with E-state index in [-0.39, 0.29) is 10.8 Å². The predicted molar refractivity (Wildman–Crippen MR) is 115 cm³/mol. The van der Waals surface area contributed by atoms with Crippen molar-refractivity contribution < 1.29 is 17.6 Å². The zero-order valence-corrected chi connectivity index (χ0v) is 17.4. The number of nitrogens with one attached hydrogen (secondary N) is 1. The van der Waals surface area contributed by atoms with Crippen molar-refractivity contribution in [1.29, 1.82) is 0 Å². The molecule has 2 aromatic carbocycles. The fourth-order valence-corrected chi connectivity index (χ4v) is 5.56. The van der Waals surface area contributed by atoms with Crippen molar-refractivity contribution in [2.75, 3.05) is 11.9 Å². The minimum atomic E-state index is -3.73. The Morgan fingerprint density at radius 3 is 2.81 bits per heavy atom. The molecule has 2 aliphatic heterocycles. The van der Waals surface area contributed by atoms with Gasteiger partial charge in [-0.3, -0.25) is 4.79 Å². The number of likely N-dealkylation sites (tertiary alicyclic amines) is 1. The number of rotatable bonds is 3. The minimum Gasteiger partial charge on any atom is -0.440 e. The normalized spacial score (nSPS) is 21.9. The van der Waals surface area contributed by atoms with Crippen LogP contribution in [0.2, 0.25) is 0 Å². The Morgan fingerprint density at radius 2 is 1.97 bits per heavy atom. The molecule has 8 nitrogen and oxygen atoms in total. The van der Waals surface area contributed by atoms with Gasteiger partial charge < -0.3 is 14.6 Å². The molecule has 2 fully saturated rings. The topological polar surface area (TPSA) is 105 Å². The lowest BCUT2D eigenvalue weighted by Gasteiger charge is -2.25. The first-order chi connectivity index (χ1) is 15.0. The Kier molecular flexibility index (Phi) is 3.98. The number of hydrogen-bond acceptors (Lipinski definition) is 6. The van der Waals surface area contributed by atoms with E-state index in [0.29, 0.717) is 41.6 Å². The number of sulfonamides is 1. The second kappa shape index (κ2) is 6.65. The van der Waals surface area contributed by atoms with Crippen LogP contribution < -0.4 is 5.32 Å². The maximum Gasteiger partial charge on any atom is 0.285 e. The summed E-state index contributed by atoms with van der Waals surface area (Å²) in [4.78, 5) is 19.7. The van der Waals surface area contributed by atoms with E-state index in [9.17, 15) is 13.2 Å². The molecule has 0 unspecified atom stereocenters. The van der Waals surface area contributed by atoms with Gasteiger partial charge in [-0.25, -0.2) is 4.98 Å². The molecule has 3 aliphatic rings. The summed E-state index contributed by atoms with van der Waals surface area (Å²) in [5.74, 6) is 1.35. The molecule has 6 rings (SSSR count). The first-order valence-corrected chi connectivity index (χ1v) is 11.9. The van der Waals surface area contributed by atoms with Gasteiger partial charge in [0.25, 0.3) is 10.0 Å². The molecule has 0 bridgehead atoms. The van der Waals surface area contributed by atoms with Gasteiger partial charge in [0.2, 0.25) is 5.91 Å². The van der Waals surface area contributed by atoms with Gasteiger partial charge in [0.1, 0.15) is 16.5 Å². The van der Waals surface area contributed by atoms with Crippen LogP contribution in [0.4, 0.5) is 5.69 Å². The maximum absolute atomic E-state index is 13.1. The van der Waals surface area contributed by atoms with Crippen molar-refractivity contribution >= 4 is 38.6 Å². The molecule has 1 saturated carbocycles. The second-order valence-corrected chi connectivity index (χ2v) is 9.81. The highest BCUT2D eigenvalue weighted by Crippen LogP contribution is 2.40. The van der Waals surface area contributed by atoms with E-state index < -0.39 is 16.1 Å². The smallest absolute Gasteiger partial charge is 0.285 e. The molecule has 3 aromatic rings. The zero-order valence-electron chi connectivity index (χ0n) is 16.6. The monoisotopic (exact) mass is 436 g/mol. The van der Waals surface area contributed by atoms with E-state index in [1.807, 2.05) is 12.1 Å². The zero-order chi connectivity index (χ0) is 21.2. The fourth-order valence-electron chi connectivity index (χ4n) is 4.34. The van der Waals surface area contributed by atoms with Gasteiger partial charge in [0, 0.05) is 23.7 Å². The number of carbonyl (C=O) groups excluding carboxylic acids is 1. The van der Waals surface area contributed by atoms with Crippen molar-refractivity contribution in [1.82, 2.24) is 9.88 Å².